The van der Waals surface area contributed by atoms with Crippen LogP contribution in [-0.2, 0) is 19.0 Å². The topological polar surface area (TPSA) is 122 Å². The third-order valence-corrected chi connectivity index (χ3v) is 5.79. The zero-order chi connectivity index (χ0) is 25.2. The highest BCUT2D eigenvalue weighted by Crippen LogP contribution is 2.38. The van der Waals surface area contributed by atoms with Crippen LogP contribution in [0.25, 0.3) is 22.2 Å². The summed E-state index contributed by atoms with van der Waals surface area (Å²) in [4.78, 5) is 35.4. The highest BCUT2D eigenvalue weighted by atomic mass is 16.7. The van der Waals surface area contributed by atoms with Crippen LogP contribution >= 0.6 is 0 Å². The summed E-state index contributed by atoms with van der Waals surface area (Å²) < 4.78 is 18.1. The van der Waals surface area contributed by atoms with Crippen molar-refractivity contribution in [2.45, 2.75) is 52.0 Å². The van der Waals surface area contributed by atoms with Crippen LogP contribution in [-0.4, -0.2) is 63.1 Å². The van der Waals surface area contributed by atoms with E-state index in [0.29, 0.717) is 24.4 Å². The molecule has 1 aliphatic heterocycles. The molecule has 0 aliphatic carbocycles. The largest absolute Gasteiger partial charge is 0.510 e. The molecule has 0 spiro atoms. The van der Waals surface area contributed by atoms with E-state index in [0.717, 1.165) is 16.5 Å². The van der Waals surface area contributed by atoms with E-state index in [1.807, 2.05) is 61.9 Å². The van der Waals surface area contributed by atoms with Crippen LogP contribution in [0, 0.1) is 0 Å². The number of benzene rings is 1. The first-order chi connectivity index (χ1) is 16.7. The van der Waals surface area contributed by atoms with Gasteiger partial charge in [0.1, 0.15) is 24.4 Å². The van der Waals surface area contributed by atoms with Gasteiger partial charge in [0.15, 0.2) is 6.23 Å². The molecule has 2 aromatic heterocycles. The number of hydrogen-bond donors (Lipinski definition) is 1. The van der Waals surface area contributed by atoms with Crippen molar-refractivity contribution in [1.29, 1.82) is 0 Å². The lowest BCUT2D eigenvalue weighted by atomic mass is 10.1. The van der Waals surface area contributed by atoms with Gasteiger partial charge in [-0.2, -0.15) is 0 Å². The number of nitrogen functional groups attached to an aromatic ring is 1. The van der Waals surface area contributed by atoms with E-state index in [9.17, 15) is 9.59 Å². The summed E-state index contributed by atoms with van der Waals surface area (Å²) >= 11 is 0. The molecule has 3 aromatic rings. The molecule has 0 saturated carbocycles. The van der Waals surface area contributed by atoms with Gasteiger partial charge in [-0.15, -0.1) is 0 Å². The van der Waals surface area contributed by atoms with Crippen molar-refractivity contribution < 1.29 is 23.8 Å². The second kappa shape index (κ2) is 9.91. The Kier molecular flexibility index (Phi) is 6.93. The molecule has 1 amide bonds. The Balaban J connectivity index is 1.69. The number of nitrogens with two attached hydrogens (primary N) is 1. The second-order valence-corrected chi connectivity index (χ2v) is 9.37. The van der Waals surface area contributed by atoms with E-state index in [4.69, 9.17) is 19.9 Å². The fourth-order valence-electron chi connectivity index (χ4n) is 4.20. The molecule has 35 heavy (non-hydrogen) atoms. The maximum Gasteiger partial charge on any atom is 0.510 e. The third kappa shape index (κ3) is 5.37. The predicted octanol–water partition coefficient (Wildman–Crippen LogP) is 3.77. The Hall–Kier alpha value is -3.66. The quantitative estimate of drug-likeness (QED) is 0.528. The molecule has 2 N–H and O–H groups in total. The summed E-state index contributed by atoms with van der Waals surface area (Å²) in [7, 11) is 0. The van der Waals surface area contributed by atoms with Crippen LogP contribution in [0.15, 0.2) is 42.9 Å². The summed E-state index contributed by atoms with van der Waals surface area (Å²) in [5.74, 6) is 0.0991. The number of rotatable bonds is 6. The van der Waals surface area contributed by atoms with Crippen molar-refractivity contribution >= 4 is 28.9 Å². The average molecular weight is 482 g/mol. The number of likely N-dealkylation sites (tertiary alicyclic amines) is 1. The van der Waals surface area contributed by atoms with Gasteiger partial charge in [0, 0.05) is 24.7 Å². The van der Waals surface area contributed by atoms with Crippen LogP contribution < -0.4 is 5.73 Å². The minimum Gasteiger partial charge on any atom is -0.435 e. The number of carbonyl (C=O) groups is 2. The molecule has 186 valence electrons. The Morgan fingerprint density at radius 2 is 1.91 bits per heavy atom. The van der Waals surface area contributed by atoms with E-state index in [2.05, 4.69) is 9.97 Å². The van der Waals surface area contributed by atoms with E-state index < -0.39 is 18.0 Å². The van der Waals surface area contributed by atoms with Crippen molar-refractivity contribution in [2.24, 2.45) is 0 Å². The van der Waals surface area contributed by atoms with Crippen molar-refractivity contribution in [2.75, 3.05) is 25.5 Å². The number of nitrogens with zero attached hydrogens (tertiary/aromatic N) is 4. The third-order valence-electron chi connectivity index (χ3n) is 5.79. The predicted molar refractivity (Wildman–Crippen MR) is 130 cm³/mol. The first-order valence-electron chi connectivity index (χ1n) is 11.6. The lowest BCUT2D eigenvalue weighted by Gasteiger charge is -2.26. The summed E-state index contributed by atoms with van der Waals surface area (Å²) in [6, 6.07) is 9.61. The second-order valence-electron chi connectivity index (χ2n) is 9.37. The number of amides is 1. The summed E-state index contributed by atoms with van der Waals surface area (Å²) in [5.41, 5.74) is 8.29. The van der Waals surface area contributed by atoms with Gasteiger partial charge in [0.25, 0.3) is 5.91 Å². The maximum absolute atomic E-state index is 13.1. The normalized spacial score (nSPS) is 18.1. The molecule has 0 unspecified atom stereocenters. The smallest absolute Gasteiger partial charge is 0.435 e. The van der Waals surface area contributed by atoms with Crippen LogP contribution in [0.4, 0.5) is 10.6 Å². The monoisotopic (exact) mass is 481 g/mol. The first kappa shape index (κ1) is 24.5. The van der Waals surface area contributed by atoms with Gasteiger partial charge in [0.2, 0.25) is 0 Å². The molecular formula is C25H31N5O5. The minimum atomic E-state index is -0.818. The Morgan fingerprint density at radius 1 is 1.17 bits per heavy atom. The molecule has 3 heterocycles. The fourth-order valence-corrected chi connectivity index (χ4v) is 4.20. The van der Waals surface area contributed by atoms with Gasteiger partial charge in [-0.1, -0.05) is 30.3 Å². The van der Waals surface area contributed by atoms with Crippen molar-refractivity contribution in [3.63, 3.8) is 0 Å². The molecule has 1 aliphatic rings. The van der Waals surface area contributed by atoms with Gasteiger partial charge < -0.3 is 29.4 Å². The van der Waals surface area contributed by atoms with Gasteiger partial charge in [0.05, 0.1) is 23.6 Å². The molecule has 0 radical (unpaired) electrons. The average Bonchev–Trinajstić information content (AvgIpc) is 3.40. The van der Waals surface area contributed by atoms with Gasteiger partial charge in [-0.3, -0.25) is 4.79 Å². The van der Waals surface area contributed by atoms with Crippen molar-refractivity contribution in [1.82, 2.24) is 19.4 Å². The highest BCUT2D eigenvalue weighted by molar-refractivity contribution is 6.00. The molecule has 10 nitrogen and oxygen atoms in total. The number of anilines is 1. The first-order valence-corrected chi connectivity index (χ1v) is 11.6. The Bertz CT molecular complexity index is 1200. The number of hydrogen-bond acceptors (Lipinski definition) is 8. The van der Waals surface area contributed by atoms with Crippen molar-refractivity contribution in [3.05, 3.63) is 42.9 Å². The number of carbonyl (C=O) groups excluding carboxylic acids is 2. The molecule has 1 fully saturated rings. The molecule has 1 saturated heterocycles. The molecule has 4 rings (SSSR count). The van der Waals surface area contributed by atoms with Gasteiger partial charge >= 0.3 is 6.16 Å². The van der Waals surface area contributed by atoms with Gasteiger partial charge in [-0.25, -0.2) is 14.8 Å². The van der Waals surface area contributed by atoms with Crippen molar-refractivity contribution in [3.8, 4) is 11.1 Å². The Labute approximate surface area is 204 Å². The summed E-state index contributed by atoms with van der Waals surface area (Å²) in [5, 5.41) is 0.738. The Morgan fingerprint density at radius 3 is 2.60 bits per heavy atom. The molecule has 1 aromatic carbocycles. The van der Waals surface area contributed by atoms with E-state index in [1.54, 1.807) is 6.92 Å². The van der Waals surface area contributed by atoms with Crippen LogP contribution in [0.3, 0.4) is 0 Å². The van der Waals surface area contributed by atoms with E-state index in [-0.39, 0.29) is 25.2 Å². The summed E-state index contributed by atoms with van der Waals surface area (Å²) in [6.45, 7) is 7.67. The fraction of sp³-hybridized carbons (Fsp3) is 0.440. The van der Waals surface area contributed by atoms with Crippen LogP contribution in [0.2, 0.25) is 0 Å². The lowest BCUT2D eigenvalue weighted by molar-refractivity contribution is -0.149. The summed E-state index contributed by atoms with van der Waals surface area (Å²) in [6.07, 6.45) is 2.14. The maximum atomic E-state index is 13.1. The minimum absolute atomic E-state index is 0.129. The molecule has 0 bridgehead atoms. The molecular weight excluding hydrogens is 450 g/mol. The lowest BCUT2D eigenvalue weighted by Crippen LogP contribution is -2.42. The van der Waals surface area contributed by atoms with Crippen LogP contribution in [0.1, 0.15) is 40.2 Å². The zero-order valence-corrected chi connectivity index (χ0v) is 20.4. The SMILES string of the molecule is CCOC(=O)O[C@@H]1C[C@H](n2cc(-c3ccccc3)c3c(N)ncnc32)CN1C(=O)COC(C)(C)C. The van der Waals surface area contributed by atoms with Gasteiger partial charge in [-0.05, 0) is 33.3 Å². The number of ether oxygens (including phenoxy) is 3. The highest BCUT2D eigenvalue weighted by Gasteiger charge is 2.40. The number of aromatic nitrogens is 3. The number of fused-ring (bicyclic) bond motifs is 1. The zero-order valence-electron chi connectivity index (χ0n) is 20.4. The van der Waals surface area contributed by atoms with Crippen LogP contribution in [0.5, 0.6) is 0 Å². The standard InChI is InChI=1S/C25H31N5O5/c1-5-33-24(32)35-20-11-17(12-30(20)19(31)14-34-25(2,3)4)29-13-18(16-9-7-6-8-10-16)21-22(26)27-15-28-23(21)29/h6-10,13,15,17,20H,5,11-12,14H2,1-4H3,(H2,26,27,28)/t17-,20+/m0/s1. The molecule has 10 heteroatoms. The van der Waals surface area contributed by atoms with E-state index in [1.165, 1.54) is 11.2 Å². The molecule has 2 atom stereocenters. The van der Waals surface area contributed by atoms with E-state index >= 15 is 0 Å².